The summed E-state index contributed by atoms with van der Waals surface area (Å²) in [4.78, 5) is 28.7. The molecular weight excluding hydrogens is 409 g/mol. The van der Waals surface area contributed by atoms with Gasteiger partial charge in [-0.15, -0.1) is 0 Å². The van der Waals surface area contributed by atoms with Gasteiger partial charge in [0.2, 0.25) is 5.91 Å². The first kappa shape index (κ1) is 20.8. The van der Waals surface area contributed by atoms with Gasteiger partial charge in [-0.05, 0) is 44.1 Å². The zero-order valence-electron chi connectivity index (χ0n) is 17.8. The predicted octanol–water partition coefficient (Wildman–Crippen LogP) is 3.02. The number of carbonyl (C=O) groups excluding carboxylic acids is 2. The van der Waals surface area contributed by atoms with E-state index in [4.69, 9.17) is 0 Å². The molecule has 2 amide bonds. The summed E-state index contributed by atoms with van der Waals surface area (Å²) >= 11 is 0. The van der Waals surface area contributed by atoms with Crippen LogP contribution in [-0.4, -0.2) is 62.7 Å². The van der Waals surface area contributed by atoms with Crippen LogP contribution in [0.4, 0.5) is 13.2 Å². The molecule has 1 saturated heterocycles. The highest BCUT2D eigenvalue weighted by Crippen LogP contribution is 2.64. The van der Waals surface area contributed by atoms with E-state index in [0.29, 0.717) is 18.8 Å². The Morgan fingerprint density at radius 1 is 1.13 bits per heavy atom. The second-order valence-corrected chi connectivity index (χ2v) is 10.0. The molecule has 6 nitrogen and oxygen atoms in total. The minimum atomic E-state index is -4.88. The number of piperazine rings is 1. The molecule has 9 heteroatoms. The number of alkyl halides is 3. The lowest BCUT2D eigenvalue weighted by atomic mass is 9.58. The number of halogens is 3. The smallest absolute Gasteiger partial charge is 0.338 e. The Labute approximate surface area is 179 Å². The van der Waals surface area contributed by atoms with E-state index in [1.54, 1.807) is 9.58 Å². The van der Waals surface area contributed by atoms with Gasteiger partial charge in [0, 0.05) is 38.3 Å². The second kappa shape index (κ2) is 6.97. The molecule has 5 aliphatic rings. The van der Waals surface area contributed by atoms with Crippen molar-refractivity contribution in [2.24, 2.45) is 18.9 Å². The molecule has 3 unspecified atom stereocenters. The van der Waals surface area contributed by atoms with Crippen LogP contribution in [-0.2, 0) is 22.1 Å². The van der Waals surface area contributed by atoms with Crippen molar-refractivity contribution < 1.29 is 22.8 Å². The van der Waals surface area contributed by atoms with E-state index in [1.165, 1.54) is 0 Å². The zero-order valence-corrected chi connectivity index (χ0v) is 17.8. The fourth-order valence-electron chi connectivity index (χ4n) is 6.95. The Kier molecular flexibility index (Phi) is 4.68. The normalized spacial score (nSPS) is 32.3. The topological polar surface area (TPSA) is 58.4 Å². The van der Waals surface area contributed by atoms with Gasteiger partial charge in [0.1, 0.15) is 0 Å². The SMILES string of the molecule is Cn1ccc(C23CCC(C2)C3C(=O)N2CCN(C(=O)C(F)(F)F)C3(CCCCC3)C2)n1. The van der Waals surface area contributed by atoms with Gasteiger partial charge in [-0.25, -0.2) is 0 Å². The van der Waals surface area contributed by atoms with Gasteiger partial charge < -0.3 is 9.80 Å². The lowest BCUT2D eigenvalue weighted by Gasteiger charge is -2.55. The lowest BCUT2D eigenvalue weighted by molar-refractivity contribution is -0.198. The monoisotopic (exact) mass is 438 g/mol. The highest BCUT2D eigenvalue weighted by atomic mass is 19.4. The van der Waals surface area contributed by atoms with Crippen molar-refractivity contribution in [2.75, 3.05) is 19.6 Å². The van der Waals surface area contributed by atoms with Crippen LogP contribution in [0.2, 0.25) is 0 Å². The summed E-state index contributed by atoms with van der Waals surface area (Å²) in [5.74, 6) is -1.53. The van der Waals surface area contributed by atoms with E-state index in [2.05, 4.69) is 5.10 Å². The van der Waals surface area contributed by atoms with Gasteiger partial charge in [0.15, 0.2) is 0 Å². The van der Waals surface area contributed by atoms with Crippen LogP contribution in [0.15, 0.2) is 12.3 Å². The van der Waals surface area contributed by atoms with Crippen molar-refractivity contribution in [3.8, 4) is 0 Å². The van der Waals surface area contributed by atoms with Gasteiger partial charge >= 0.3 is 12.1 Å². The Morgan fingerprint density at radius 3 is 2.48 bits per heavy atom. The minimum Gasteiger partial charge on any atom is -0.338 e. The summed E-state index contributed by atoms with van der Waals surface area (Å²) in [5, 5.41) is 4.59. The molecule has 2 heterocycles. The number of aryl methyl sites for hydroxylation is 1. The molecule has 0 N–H and O–H groups in total. The molecule has 170 valence electrons. The summed E-state index contributed by atoms with van der Waals surface area (Å²) in [7, 11) is 1.87. The van der Waals surface area contributed by atoms with Crippen molar-refractivity contribution in [3.63, 3.8) is 0 Å². The van der Waals surface area contributed by atoms with Gasteiger partial charge in [0.25, 0.3) is 0 Å². The van der Waals surface area contributed by atoms with Crippen LogP contribution in [0, 0.1) is 11.8 Å². The highest BCUT2D eigenvalue weighted by Gasteiger charge is 2.65. The highest BCUT2D eigenvalue weighted by molar-refractivity contribution is 5.85. The third kappa shape index (κ3) is 3.09. The number of amides is 2. The number of carbonyl (C=O) groups is 2. The molecule has 3 atom stereocenters. The number of nitrogens with zero attached hydrogens (tertiary/aromatic N) is 4. The lowest BCUT2D eigenvalue weighted by Crippen LogP contribution is -2.68. The van der Waals surface area contributed by atoms with Gasteiger partial charge in [-0.1, -0.05) is 19.3 Å². The average Bonchev–Trinajstić information content (AvgIpc) is 3.42. The van der Waals surface area contributed by atoms with E-state index in [-0.39, 0.29) is 36.9 Å². The average molecular weight is 438 g/mol. The Morgan fingerprint density at radius 2 is 1.87 bits per heavy atom. The standard InChI is InChI=1S/C22H29F3N4O2/c1-27-10-6-16(26-27)21-9-5-15(13-21)17(21)18(30)28-11-12-29(19(31)22(23,24)25)20(14-28)7-3-2-4-8-20/h6,10,15,17H,2-5,7-9,11-14H2,1H3. The maximum absolute atomic E-state index is 13.7. The molecule has 1 aliphatic heterocycles. The first-order valence-corrected chi connectivity index (χ1v) is 11.3. The molecule has 6 rings (SSSR count). The molecule has 0 radical (unpaired) electrons. The third-order valence-corrected chi connectivity index (χ3v) is 8.38. The molecule has 1 spiro atoms. The molecule has 0 aromatic carbocycles. The van der Waals surface area contributed by atoms with E-state index in [1.807, 2.05) is 19.3 Å². The quantitative estimate of drug-likeness (QED) is 0.713. The molecular formula is C22H29F3N4O2. The first-order valence-electron chi connectivity index (χ1n) is 11.3. The zero-order chi connectivity index (χ0) is 22.0. The van der Waals surface area contributed by atoms with E-state index < -0.39 is 17.6 Å². The number of fused-ring (bicyclic) bond motifs is 1. The minimum absolute atomic E-state index is 0.0436. The molecule has 2 bridgehead atoms. The molecule has 5 fully saturated rings. The Hall–Kier alpha value is -2.06. The fourth-order valence-corrected chi connectivity index (χ4v) is 6.95. The molecule has 4 saturated carbocycles. The van der Waals surface area contributed by atoms with Crippen LogP contribution in [0.3, 0.4) is 0 Å². The Bertz CT molecular complexity index is 888. The van der Waals surface area contributed by atoms with Crippen molar-refractivity contribution in [1.82, 2.24) is 19.6 Å². The van der Waals surface area contributed by atoms with Gasteiger partial charge in [0.05, 0.1) is 17.2 Å². The first-order chi connectivity index (χ1) is 14.7. The number of aromatic nitrogens is 2. The van der Waals surface area contributed by atoms with Crippen LogP contribution in [0.1, 0.15) is 57.1 Å². The van der Waals surface area contributed by atoms with Gasteiger partial charge in [-0.2, -0.15) is 18.3 Å². The van der Waals surface area contributed by atoms with Gasteiger partial charge in [-0.3, -0.25) is 14.3 Å². The molecule has 1 aromatic rings. The van der Waals surface area contributed by atoms with E-state index in [9.17, 15) is 22.8 Å². The number of hydrogen-bond donors (Lipinski definition) is 0. The van der Waals surface area contributed by atoms with E-state index >= 15 is 0 Å². The number of hydrogen-bond acceptors (Lipinski definition) is 3. The van der Waals surface area contributed by atoms with Crippen LogP contribution < -0.4 is 0 Å². The van der Waals surface area contributed by atoms with E-state index in [0.717, 1.165) is 49.1 Å². The maximum Gasteiger partial charge on any atom is 0.471 e. The summed E-state index contributed by atoms with van der Waals surface area (Å²) in [6.45, 7) is 0.344. The number of rotatable bonds is 2. The molecule has 1 aromatic heterocycles. The molecule has 31 heavy (non-hydrogen) atoms. The summed E-state index contributed by atoms with van der Waals surface area (Å²) in [6.07, 6.45) is 3.47. The van der Waals surface area contributed by atoms with Crippen LogP contribution in [0.5, 0.6) is 0 Å². The fraction of sp³-hybridized carbons (Fsp3) is 0.773. The largest absolute Gasteiger partial charge is 0.471 e. The Balaban J connectivity index is 1.39. The van der Waals surface area contributed by atoms with Crippen molar-refractivity contribution in [2.45, 2.75) is 68.5 Å². The maximum atomic E-state index is 13.7. The summed E-state index contributed by atoms with van der Waals surface area (Å²) < 4.78 is 41.6. The summed E-state index contributed by atoms with van der Waals surface area (Å²) in [6, 6.07) is 1.99. The molecule has 4 aliphatic carbocycles. The van der Waals surface area contributed by atoms with Crippen LogP contribution >= 0.6 is 0 Å². The second-order valence-electron chi connectivity index (χ2n) is 10.0. The van der Waals surface area contributed by atoms with Crippen LogP contribution in [0.25, 0.3) is 0 Å². The van der Waals surface area contributed by atoms with Crippen molar-refractivity contribution >= 4 is 11.8 Å². The third-order valence-electron chi connectivity index (χ3n) is 8.38. The summed E-state index contributed by atoms with van der Waals surface area (Å²) in [5.41, 5.74) is -0.165. The van der Waals surface area contributed by atoms with Crippen molar-refractivity contribution in [3.05, 3.63) is 18.0 Å². The van der Waals surface area contributed by atoms with Crippen molar-refractivity contribution in [1.29, 1.82) is 0 Å². The predicted molar refractivity (Wildman–Crippen MR) is 106 cm³/mol.